The molecule has 5 heteroatoms. The molecule has 1 aromatic rings. The van der Waals surface area contributed by atoms with Crippen molar-refractivity contribution in [3.63, 3.8) is 0 Å². The van der Waals surface area contributed by atoms with E-state index in [-0.39, 0.29) is 4.47 Å². The van der Waals surface area contributed by atoms with E-state index in [0.29, 0.717) is 4.47 Å². The van der Waals surface area contributed by atoms with E-state index in [9.17, 15) is 8.78 Å². The van der Waals surface area contributed by atoms with Crippen LogP contribution in [-0.4, -0.2) is 0 Å². The third-order valence-corrected chi connectivity index (χ3v) is 3.34. The highest BCUT2D eigenvalue weighted by Gasteiger charge is 2.13. The van der Waals surface area contributed by atoms with Crippen molar-refractivity contribution < 1.29 is 8.78 Å². The van der Waals surface area contributed by atoms with Gasteiger partial charge in [0.15, 0.2) is 5.82 Å². The van der Waals surface area contributed by atoms with Crippen LogP contribution in [0.4, 0.5) is 8.78 Å². The molecule has 0 heterocycles. The largest absolute Gasteiger partial charge is 0.205 e. The molecule has 0 atom stereocenters. The van der Waals surface area contributed by atoms with Gasteiger partial charge in [0.05, 0.1) is 4.47 Å². The van der Waals surface area contributed by atoms with Crippen molar-refractivity contribution >= 4 is 43.5 Å². The fourth-order valence-electron chi connectivity index (χ4n) is 0.544. The first-order chi connectivity index (χ1) is 5.04. The van der Waals surface area contributed by atoms with Gasteiger partial charge < -0.3 is 0 Å². The van der Waals surface area contributed by atoms with Gasteiger partial charge >= 0.3 is 0 Å². The molecule has 0 spiro atoms. The summed E-state index contributed by atoms with van der Waals surface area (Å²) in [4.78, 5) is 0. The van der Waals surface area contributed by atoms with Gasteiger partial charge in [-0.25, -0.2) is 8.78 Å². The Labute approximate surface area is 83.8 Å². The molecule has 11 heavy (non-hydrogen) atoms. The average Bonchev–Trinajstić information content (AvgIpc) is 1.97. The molecule has 0 aliphatic rings. The van der Waals surface area contributed by atoms with Gasteiger partial charge in [0.25, 0.3) is 0 Å². The molecule has 0 aromatic heterocycles. The Hall–Kier alpha value is 0.330. The van der Waals surface area contributed by atoms with E-state index in [1.165, 1.54) is 0 Å². The minimum atomic E-state index is -0.793. The summed E-state index contributed by atoms with van der Waals surface area (Å²) in [6, 6.07) is 1.09. The predicted molar refractivity (Wildman–Crippen MR) is 46.8 cm³/mol. The van der Waals surface area contributed by atoms with E-state index in [1.54, 1.807) is 0 Å². The molecule has 0 bridgehead atoms. The highest BCUT2D eigenvalue weighted by Crippen LogP contribution is 2.32. The maximum atomic E-state index is 12.8. The summed E-state index contributed by atoms with van der Waals surface area (Å²) in [5.74, 6) is -1.57. The summed E-state index contributed by atoms with van der Waals surface area (Å²) < 4.78 is 25.8. The zero-order valence-electron chi connectivity index (χ0n) is 4.97. The molecule has 0 fully saturated rings. The molecule has 0 nitrogen and oxygen atoms in total. The van der Waals surface area contributed by atoms with Crippen LogP contribution in [-0.2, 0) is 0 Å². The third kappa shape index (κ3) is 1.73. The van der Waals surface area contributed by atoms with Crippen molar-refractivity contribution in [1.82, 2.24) is 0 Å². The van der Waals surface area contributed by atoms with Gasteiger partial charge in [-0.05, 0) is 37.9 Å². The van der Waals surface area contributed by atoms with Crippen LogP contribution in [0.25, 0.3) is 0 Å². The maximum Gasteiger partial charge on any atom is 0.160 e. The first kappa shape index (κ1) is 9.42. The van der Waals surface area contributed by atoms with Crippen molar-refractivity contribution in [3.8, 4) is 0 Å². The van der Waals surface area contributed by atoms with Gasteiger partial charge in [-0.3, -0.25) is 0 Å². The average molecular weight is 306 g/mol. The molecule has 60 valence electrons. The molecule has 0 aliphatic heterocycles. The second-order valence-corrected chi connectivity index (χ2v) is 3.81. The molecule has 0 saturated carbocycles. The van der Waals surface area contributed by atoms with Crippen molar-refractivity contribution in [1.29, 1.82) is 0 Å². The van der Waals surface area contributed by atoms with Crippen molar-refractivity contribution in [2.24, 2.45) is 0 Å². The second-order valence-electron chi connectivity index (χ2n) is 1.78. The Morgan fingerprint density at radius 2 is 1.82 bits per heavy atom. The number of rotatable bonds is 0. The molecular weight excluding hydrogens is 305 g/mol. The zero-order valence-corrected chi connectivity index (χ0v) is 8.90. The maximum absolute atomic E-state index is 12.8. The minimum Gasteiger partial charge on any atom is -0.205 e. The number of benzene rings is 1. The Bertz CT molecular complexity index is 275. The van der Waals surface area contributed by atoms with E-state index < -0.39 is 16.7 Å². The van der Waals surface area contributed by atoms with Crippen LogP contribution >= 0.6 is 43.5 Å². The third-order valence-electron chi connectivity index (χ3n) is 1.06. The summed E-state index contributed by atoms with van der Waals surface area (Å²) in [5.41, 5.74) is 0. The smallest absolute Gasteiger partial charge is 0.160 e. The Morgan fingerprint density at radius 1 is 1.27 bits per heavy atom. The first-order valence-corrected chi connectivity index (χ1v) is 4.49. The Balaban J connectivity index is 3.46. The van der Waals surface area contributed by atoms with Crippen molar-refractivity contribution in [2.75, 3.05) is 0 Å². The minimum absolute atomic E-state index is 0.129. The molecule has 0 unspecified atom stereocenters. The number of halogens is 5. The van der Waals surface area contributed by atoms with Crippen LogP contribution in [0, 0.1) is 11.6 Å². The van der Waals surface area contributed by atoms with Gasteiger partial charge in [0.2, 0.25) is 0 Å². The summed E-state index contributed by atoms with van der Waals surface area (Å²) in [6.07, 6.45) is 0. The quantitative estimate of drug-likeness (QED) is 0.499. The monoisotopic (exact) mass is 304 g/mol. The van der Waals surface area contributed by atoms with Gasteiger partial charge in [-0.1, -0.05) is 11.6 Å². The second kappa shape index (κ2) is 3.37. The van der Waals surface area contributed by atoms with Crippen LogP contribution in [0.2, 0.25) is 5.02 Å². The molecule has 0 saturated heterocycles. The lowest BCUT2D eigenvalue weighted by atomic mass is 10.3. The highest BCUT2D eigenvalue weighted by molar-refractivity contribution is 9.13. The molecular formula is C6HBr2ClF2. The van der Waals surface area contributed by atoms with Gasteiger partial charge in [-0.2, -0.15) is 0 Å². The molecule has 0 amide bonds. The van der Waals surface area contributed by atoms with Crippen LogP contribution in [0.3, 0.4) is 0 Å². The van der Waals surface area contributed by atoms with E-state index in [1.807, 2.05) is 0 Å². The standard InChI is InChI=1S/C6HBr2ClF2/c7-2-1-3(10)5(9)6(11)4(2)8/h1H. The summed E-state index contributed by atoms with van der Waals surface area (Å²) >= 11 is 11.1. The van der Waals surface area contributed by atoms with E-state index >= 15 is 0 Å². The topological polar surface area (TPSA) is 0 Å². The Kier molecular flexibility index (Phi) is 2.89. The van der Waals surface area contributed by atoms with Gasteiger partial charge in [0, 0.05) is 4.47 Å². The lowest BCUT2D eigenvalue weighted by molar-refractivity contribution is 0.578. The normalized spacial score (nSPS) is 10.3. The van der Waals surface area contributed by atoms with Gasteiger partial charge in [-0.15, -0.1) is 0 Å². The Morgan fingerprint density at radius 3 is 2.36 bits per heavy atom. The number of hydrogen-bond donors (Lipinski definition) is 0. The zero-order chi connectivity index (χ0) is 8.59. The van der Waals surface area contributed by atoms with Crippen LogP contribution in [0.5, 0.6) is 0 Å². The van der Waals surface area contributed by atoms with Crippen molar-refractivity contribution in [3.05, 3.63) is 31.7 Å². The fraction of sp³-hybridized carbons (Fsp3) is 0. The summed E-state index contributed by atoms with van der Waals surface area (Å²) in [5, 5.41) is -0.500. The van der Waals surface area contributed by atoms with E-state index in [4.69, 9.17) is 11.6 Å². The molecule has 1 rings (SSSR count). The highest BCUT2D eigenvalue weighted by atomic mass is 79.9. The fourth-order valence-corrected chi connectivity index (χ4v) is 1.49. The summed E-state index contributed by atoms with van der Waals surface area (Å²) in [6.45, 7) is 0. The lowest BCUT2D eigenvalue weighted by Gasteiger charge is -2.00. The molecule has 0 aliphatic carbocycles. The van der Waals surface area contributed by atoms with E-state index in [2.05, 4.69) is 31.9 Å². The van der Waals surface area contributed by atoms with Crippen LogP contribution in [0.1, 0.15) is 0 Å². The molecule has 1 aromatic carbocycles. The first-order valence-electron chi connectivity index (χ1n) is 2.52. The molecule has 0 N–H and O–H groups in total. The summed E-state index contributed by atoms with van der Waals surface area (Å²) in [7, 11) is 0. The predicted octanol–water partition coefficient (Wildman–Crippen LogP) is 4.14. The van der Waals surface area contributed by atoms with Crippen LogP contribution in [0.15, 0.2) is 15.0 Å². The van der Waals surface area contributed by atoms with E-state index in [0.717, 1.165) is 6.07 Å². The van der Waals surface area contributed by atoms with Gasteiger partial charge in [0.1, 0.15) is 10.8 Å². The van der Waals surface area contributed by atoms with Crippen molar-refractivity contribution in [2.45, 2.75) is 0 Å². The lowest BCUT2D eigenvalue weighted by Crippen LogP contribution is -1.86. The number of hydrogen-bond acceptors (Lipinski definition) is 0. The van der Waals surface area contributed by atoms with Crippen LogP contribution < -0.4 is 0 Å². The molecule has 0 radical (unpaired) electrons. The SMILES string of the molecule is Fc1cc(Br)c(Br)c(F)c1Cl.